The van der Waals surface area contributed by atoms with Gasteiger partial charge >= 0.3 is 0 Å². The smallest absolute Gasteiger partial charge is 0.251 e. The first-order valence-electron chi connectivity index (χ1n) is 7.56. The number of hydrogen-bond donors (Lipinski definition) is 3. The van der Waals surface area contributed by atoms with Crippen molar-refractivity contribution >= 4 is 11.6 Å². The lowest BCUT2D eigenvalue weighted by Gasteiger charge is -2.08. The van der Waals surface area contributed by atoms with E-state index in [9.17, 15) is 4.79 Å². The molecule has 0 atom stereocenters. The van der Waals surface area contributed by atoms with E-state index in [2.05, 4.69) is 22.8 Å². The van der Waals surface area contributed by atoms with E-state index < -0.39 is 0 Å². The zero-order valence-corrected chi connectivity index (χ0v) is 12.6. The highest BCUT2D eigenvalue weighted by Crippen LogP contribution is 2.10. The molecule has 2 aromatic rings. The summed E-state index contributed by atoms with van der Waals surface area (Å²) in [5.41, 5.74) is 2.93. The SMILES string of the molecule is O=C(NCCCO)c1ccc(NCCc2ccccc2)cc1. The van der Waals surface area contributed by atoms with E-state index in [1.165, 1.54) is 5.56 Å². The van der Waals surface area contributed by atoms with Gasteiger partial charge in [0.15, 0.2) is 0 Å². The van der Waals surface area contributed by atoms with Gasteiger partial charge in [0, 0.05) is 30.9 Å². The molecular formula is C18H22N2O2. The van der Waals surface area contributed by atoms with Gasteiger partial charge in [-0.05, 0) is 42.7 Å². The van der Waals surface area contributed by atoms with Crippen molar-refractivity contribution in [2.75, 3.05) is 25.0 Å². The molecule has 0 saturated heterocycles. The van der Waals surface area contributed by atoms with Crippen molar-refractivity contribution in [3.63, 3.8) is 0 Å². The third kappa shape index (κ3) is 5.22. The van der Waals surface area contributed by atoms with Crippen LogP contribution in [0, 0.1) is 0 Å². The fourth-order valence-corrected chi connectivity index (χ4v) is 2.12. The van der Waals surface area contributed by atoms with E-state index >= 15 is 0 Å². The number of carbonyl (C=O) groups is 1. The Morgan fingerprint density at radius 3 is 2.36 bits per heavy atom. The first-order chi connectivity index (χ1) is 10.8. The molecule has 22 heavy (non-hydrogen) atoms. The van der Waals surface area contributed by atoms with Gasteiger partial charge in [-0.25, -0.2) is 0 Å². The van der Waals surface area contributed by atoms with Crippen LogP contribution in [-0.2, 0) is 6.42 Å². The predicted octanol–water partition coefficient (Wildman–Crippen LogP) is 2.45. The van der Waals surface area contributed by atoms with Gasteiger partial charge in [-0.1, -0.05) is 30.3 Å². The molecule has 0 aliphatic heterocycles. The largest absolute Gasteiger partial charge is 0.396 e. The molecular weight excluding hydrogens is 276 g/mol. The maximum Gasteiger partial charge on any atom is 0.251 e. The highest BCUT2D eigenvalue weighted by atomic mass is 16.3. The summed E-state index contributed by atoms with van der Waals surface area (Å²) in [4.78, 5) is 11.8. The van der Waals surface area contributed by atoms with Gasteiger partial charge in [-0.3, -0.25) is 4.79 Å². The number of aliphatic hydroxyl groups excluding tert-OH is 1. The van der Waals surface area contributed by atoms with Crippen LogP contribution < -0.4 is 10.6 Å². The van der Waals surface area contributed by atoms with Crippen molar-refractivity contribution in [2.24, 2.45) is 0 Å². The summed E-state index contributed by atoms with van der Waals surface area (Å²) < 4.78 is 0. The molecule has 116 valence electrons. The number of rotatable bonds is 8. The van der Waals surface area contributed by atoms with Gasteiger partial charge in [0.1, 0.15) is 0 Å². The number of carbonyl (C=O) groups excluding carboxylic acids is 1. The lowest BCUT2D eigenvalue weighted by atomic mass is 10.1. The molecule has 0 aliphatic carbocycles. The van der Waals surface area contributed by atoms with Crippen molar-refractivity contribution in [3.05, 3.63) is 65.7 Å². The van der Waals surface area contributed by atoms with Crippen LogP contribution in [0.1, 0.15) is 22.3 Å². The van der Waals surface area contributed by atoms with Crippen LogP contribution in [0.4, 0.5) is 5.69 Å². The van der Waals surface area contributed by atoms with Gasteiger partial charge in [-0.2, -0.15) is 0 Å². The Hall–Kier alpha value is -2.33. The maximum absolute atomic E-state index is 11.8. The zero-order chi connectivity index (χ0) is 15.6. The van der Waals surface area contributed by atoms with Gasteiger partial charge in [0.2, 0.25) is 0 Å². The van der Waals surface area contributed by atoms with E-state index in [-0.39, 0.29) is 12.5 Å². The molecule has 0 heterocycles. The summed E-state index contributed by atoms with van der Waals surface area (Å²) in [6.07, 6.45) is 1.54. The minimum atomic E-state index is -0.107. The van der Waals surface area contributed by atoms with E-state index in [1.807, 2.05) is 30.3 Å². The van der Waals surface area contributed by atoms with E-state index in [4.69, 9.17) is 5.11 Å². The van der Waals surface area contributed by atoms with Crippen LogP contribution in [-0.4, -0.2) is 30.7 Å². The first kappa shape index (κ1) is 16.0. The Kier molecular flexibility index (Phi) is 6.45. The molecule has 0 bridgehead atoms. The first-order valence-corrected chi connectivity index (χ1v) is 7.56. The monoisotopic (exact) mass is 298 g/mol. The molecule has 0 aliphatic rings. The summed E-state index contributed by atoms with van der Waals surface area (Å²) in [7, 11) is 0. The van der Waals surface area contributed by atoms with Crippen LogP contribution in [0.5, 0.6) is 0 Å². The number of amides is 1. The standard InChI is InChI=1S/C18H22N2O2/c21-14-4-12-20-18(22)16-7-9-17(10-8-16)19-13-11-15-5-2-1-3-6-15/h1-3,5-10,19,21H,4,11-14H2,(H,20,22). The molecule has 0 spiro atoms. The number of benzene rings is 2. The molecule has 0 radical (unpaired) electrons. The quantitative estimate of drug-likeness (QED) is 0.656. The molecule has 0 saturated carbocycles. The van der Waals surface area contributed by atoms with Crippen LogP contribution in [0.3, 0.4) is 0 Å². The van der Waals surface area contributed by atoms with Gasteiger partial charge < -0.3 is 15.7 Å². The number of aliphatic hydroxyl groups is 1. The van der Waals surface area contributed by atoms with Crippen molar-refractivity contribution in [1.82, 2.24) is 5.32 Å². The number of anilines is 1. The average Bonchev–Trinajstić information content (AvgIpc) is 2.56. The van der Waals surface area contributed by atoms with E-state index in [1.54, 1.807) is 12.1 Å². The Bertz CT molecular complexity index is 567. The highest BCUT2D eigenvalue weighted by Gasteiger charge is 2.04. The van der Waals surface area contributed by atoms with Gasteiger partial charge in [0.25, 0.3) is 5.91 Å². The maximum atomic E-state index is 11.8. The van der Waals surface area contributed by atoms with Crippen LogP contribution in [0.25, 0.3) is 0 Å². The fraction of sp³-hybridized carbons (Fsp3) is 0.278. The molecule has 0 aromatic heterocycles. The molecule has 0 unspecified atom stereocenters. The molecule has 4 heteroatoms. The lowest BCUT2D eigenvalue weighted by molar-refractivity contribution is 0.0951. The molecule has 2 rings (SSSR count). The minimum Gasteiger partial charge on any atom is -0.396 e. The Morgan fingerprint density at radius 1 is 0.955 bits per heavy atom. The molecule has 4 nitrogen and oxygen atoms in total. The Balaban J connectivity index is 1.78. The van der Waals surface area contributed by atoms with E-state index in [0.29, 0.717) is 18.5 Å². The average molecular weight is 298 g/mol. The third-order valence-electron chi connectivity index (χ3n) is 3.35. The summed E-state index contributed by atoms with van der Waals surface area (Å²) in [6, 6.07) is 17.7. The lowest BCUT2D eigenvalue weighted by Crippen LogP contribution is -2.24. The molecule has 2 aromatic carbocycles. The molecule has 1 amide bonds. The van der Waals surface area contributed by atoms with Crippen LogP contribution in [0.2, 0.25) is 0 Å². The Morgan fingerprint density at radius 2 is 1.68 bits per heavy atom. The third-order valence-corrected chi connectivity index (χ3v) is 3.35. The second-order valence-corrected chi connectivity index (χ2v) is 5.07. The zero-order valence-electron chi connectivity index (χ0n) is 12.6. The van der Waals surface area contributed by atoms with Crippen molar-refractivity contribution < 1.29 is 9.90 Å². The van der Waals surface area contributed by atoms with E-state index in [0.717, 1.165) is 18.7 Å². The summed E-state index contributed by atoms with van der Waals surface area (Å²) in [6.45, 7) is 1.43. The van der Waals surface area contributed by atoms with Crippen LogP contribution in [0.15, 0.2) is 54.6 Å². The van der Waals surface area contributed by atoms with Crippen LogP contribution >= 0.6 is 0 Å². The minimum absolute atomic E-state index is 0.0878. The van der Waals surface area contributed by atoms with Gasteiger partial charge in [-0.15, -0.1) is 0 Å². The van der Waals surface area contributed by atoms with Crippen molar-refractivity contribution in [3.8, 4) is 0 Å². The molecule has 3 N–H and O–H groups in total. The van der Waals surface area contributed by atoms with Gasteiger partial charge in [0.05, 0.1) is 0 Å². The summed E-state index contributed by atoms with van der Waals surface area (Å²) >= 11 is 0. The van der Waals surface area contributed by atoms with Crippen molar-refractivity contribution in [1.29, 1.82) is 0 Å². The highest BCUT2D eigenvalue weighted by molar-refractivity contribution is 5.94. The summed E-state index contributed by atoms with van der Waals surface area (Å²) in [5, 5.41) is 14.8. The second kappa shape index (κ2) is 8.85. The normalized spacial score (nSPS) is 10.2. The Labute approximate surface area is 131 Å². The second-order valence-electron chi connectivity index (χ2n) is 5.07. The predicted molar refractivity (Wildman–Crippen MR) is 89.1 cm³/mol. The van der Waals surface area contributed by atoms with Crippen molar-refractivity contribution in [2.45, 2.75) is 12.8 Å². The fourth-order valence-electron chi connectivity index (χ4n) is 2.12. The topological polar surface area (TPSA) is 61.4 Å². The molecule has 0 fully saturated rings. The number of nitrogens with one attached hydrogen (secondary N) is 2. The number of hydrogen-bond acceptors (Lipinski definition) is 3. The summed E-state index contributed by atoms with van der Waals surface area (Å²) in [5.74, 6) is -0.107.